The third kappa shape index (κ3) is 4.47. The van der Waals surface area contributed by atoms with Crippen molar-refractivity contribution in [2.45, 2.75) is 11.8 Å². The molecule has 0 atom stereocenters. The van der Waals surface area contributed by atoms with Crippen LogP contribution < -0.4 is 37.9 Å². The van der Waals surface area contributed by atoms with Gasteiger partial charge in [0, 0.05) is 36.1 Å². The Kier molecular flexibility index (Phi) is 7.89. The van der Waals surface area contributed by atoms with Crippen LogP contribution in [0.5, 0.6) is 46.0 Å². The van der Waals surface area contributed by atoms with Gasteiger partial charge < -0.3 is 37.9 Å². The Morgan fingerprint density at radius 2 is 0.565 bits per heavy atom. The van der Waals surface area contributed by atoms with E-state index in [-0.39, 0.29) is 11.6 Å². The molecule has 0 N–H and O–H groups in total. The van der Waals surface area contributed by atoms with Gasteiger partial charge in [-0.3, -0.25) is 9.59 Å². The second-order valence-corrected chi connectivity index (χ2v) is 10.8. The minimum absolute atomic E-state index is 0.279. The van der Waals surface area contributed by atoms with Gasteiger partial charge in [-0.15, -0.1) is 0 Å². The third-order valence-electron chi connectivity index (χ3n) is 8.83. The van der Waals surface area contributed by atoms with Crippen LogP contribution in [0.4, 0.5) is 0 Å². The summed E-state index contributed by atoms with van der Waals surface area (Å²) in [7, 11) is 12.2. The topological polar surface area (TPSA) is 108 Å². The van der Waals surface area contributed by atoms with Crippen LogP contribution in [0.2, 0.25) is 0 Å². The summed E-state index contributed by atoms with van der Waals surface area (Å²) in [5, 5.41) is 0. The zero-order valence-electron chi connectivity index (χ0n) is 26.9. The van der Waals surface area contributed by atoms with E-state index in [0.717, 1.165) is 0 Å². The minimum atomic E-state index is -0.616. The van der Waals surface area contributed by atoms with Crippen LogP contribution in [0, 0.1) is 0 Å². The summed E-state index contributed by atoms with van der Waals surface area (Å²) in [6.07, 6.45) is 0. The predicted molar refractivity (Wildman–Crippen MR) is 169 cm³/mol. The molecular formula is C36H34O10. The number of carbonyl (C=O) groups is 2. The Hall–Kier alpha value is -5.38. The lowest BCUT2D eigenvalue weighted by molar-refractivity contribution is 0.101. The summed E-state index contributed by atoms with van der Waals surface area (Å²) < 4.78 is 46.0. The van der Waals surface area contributed by atoms with Crippen molar-refractivity contribution in [1.82, 2.24) is 0 Å². The average molecular weight is 627 g/mol. The van der Waals surface area contributed by atoms with Crippen molar-refractivity contribution in [3.8, 4) is 46.0 Å². The van der Waals surface area contributed by atoms with Crippen molar-refractivity contribution in [2.75, 3.05) is 56.9 Å². The molecule has 0 unspecified atom stereocenters. The van der Waals surface area contributed by atoms with E-state index in [0.29, 0.717) is 90.5 Å². The van der Waals surface area contributed by atoms with Crippen molar-refractivity contribution in [1.29, 1.82) is 0 Å². The molecule has 0 saturated carbocycles. The number of ketones is 2. The Labute approximate surface area is 266 Å². The Balaban J connectivity index is 1.83. The molecule has 4 aromatic rings. The van der Waals surface area contributed by atoms with E-state index < -0.39 is 11.8 Å². The van der Waals surface area contributed by atoms with Gasteiger partial charge >= 0.3 is 0 Å². The normalized spacial score (nSPS) is 13.6. The fourth-order valence-corrected chi connectivity index (χ4v) is 6.81. The third-order valence-corrected chi connectivity index (χ3v) is 8.83. The van der Waals surface area contributed by atoms with Gasteiger partial charge in [0.05, 0.1) is 79.1 Å². The van der Waals surface area contributed by atoms with Gasteiger partial charge in [-0.2, -0.15) is 0 Å². The monoisotopic (exact) mass is 626 g/mol. The molecule has 0 fully saturated rings. The summed E-state index contributed by atoms with van der Waals surface area (Å²) in [6.45, 7) is 0. The van der Waals surface area contributed by atoms with Crippen LogP contribution in [0.1, 0.15) is 65.9 Å². The SMILES string of the molecule is COc1cc(OC)c2c(c1)C(C1c3cc(OC)cc(OC)c3C(=O)c3c(OC)cc(OC)cc31)c1cc(OC)cc(OC)c1C2=O. The van der Waals surface area contributed by atoms with Crippen molar-refractivity contribution < 1.29 is 47.5 Å². The average Bonchev–Trinajstić information content (AvgIpc) is 3.10. The number of benzene rings is 4. The maximum Gasteiger partial charge on any atom is 0.201 e. The van der Waals surface area contributed by atoms with E-state index in [1.807, 2.05) is 24.3 Å². The lowest BCUT2D eigenvalue weighted by Gasteiger charge is -2.39. The van der Waals surface area contributed by atoms with E-state index >= 15 is 0 Å². The van der Waals surface area contributed by atoms with E-state index in [4.69, 9.17) is 37.9 Å². The van der Waals surface area contributed by atoms with Crippen LogP contribution >= 0.6 is 0 Å². The first kappa shape index (κ1) is 30.6. The summed E-state index contributed by atoms with van der Waals surface area (Å²) in [6, 6.07) is 14.1. The highest BCUT2D eigenvalue weighted by atomic mass is 16.5. The molecule has 238 valence electrons. The number of ether oxygens (including phenoxy) is 8. The number of fused-ring (bicyclic) bond motifs is 4. The standard InChI is InChI=1S/C36H34O10/c1-39-17-9-21-29(22-10-18(40-2)14-26(44-6)32(22)35(37)31(21)25(13-17)43-5)30-23-11-19(41-3)15-27(45-7)33(23)36(38)34-24(30)12-20(42-4)16-28(34)46-8/h9-16,29-30H,1-8H3. The number of methoxy groups -OCH3 is 8. The first-order chi connectivity index (χ1) is 22.3. The number of carbonyl (C=O) groups excluding carboxylic acids is 2. The fraction of sp³-hybridized carbons (Fsp3) is 0.278. The fourth-order valence-electron chi connectivity index (χ4n) is 6.81. The first-order valence-corrected chi connectivity index (χ1v) is 14.4. The lowest BCUT2D eigenvalue weighted by atomic mass is 9.63. The van der Waals surface area contributed by atoms with Gasteiger partial charge in [0.1, 0.15) is 46.0 Å². The second-order valence-electron chi connectivity index (χ2n) is 10.8. The molecule has 2 aliphatic rings. The summed E-state index contributed by atoms with van der Waals surface area (Å²) in [5.41, 5.74) is 3.94. The van der Waals surface area contributed by atoms with E-state index in [1.165, 1.54) is 28.4 Å². The van der Waals surface area contributed by atoms with Crippen LogP contribution in [-0.2, 0) is 0 Å². The lowest BCUT2D eigenvalue weighted by Crippen LogP contribution is -2.30. The van der Waals surface area contributed by atoms with Crippen LogP contribution in [-0.4, -0.2) is 68.4 Å². The highest BCUT2D eigenvalue weighted by Crippen LogP contribution is 2.58. The van der Waals surface area contributed by atoms with Crippen LogP contribution in [0.15, 0.2) is 48.5 Å². The predicted octanol–water partition coefficient (Wildman–Crippen LogP) is 5.81. The quantitative estimate of drug-likeness (QED) is 0.226. The maximum absolute atomic E-state index is 14.5. The molecule has 0 aromatic heterocycles. The van der Waals surface area contributed by atoms with Crippen LogP contribution in [0.3, 0.4) is 0 Å². The van der Waals surface area contributed by atoms with Crippen molar-refractivity contribution >= 4 is 11.6 Å². The molecule has 2 aliphatic carbocycles. The molecule has 0 radical (unpaired) electrons. The molecule has 0 bridgehead atoms. The summed E-state index contributed by atoms with van der Waals surface area (Å²) >= 11 is 0. The molecule has 10 heteroatoms. The van der Waals surface area contributed by atoms with Gasteiger partial charge in [-0.25, -0.2) is 0 Å². The van der Waals surface area contributed by atoms with Crippen molar-refractivity contribution in [3.63, 3.8) is 0 Å². The molecular weight excluding hydrogens is 592 g/mol. The second kappa shape index (κ2) is 11.8. The molecule has 4 aromatic carbocycles. The largest absolute Gasteiger partial charge is 0.497 e. The Bertz CT molecular complexity index is 1630. The van der Waals surface area contributed by atoms with E-state index in [2.05, 4.69) is 0 Å². The molecule has 10 nitrogen and oxygen atoms in total. The number of rotatable bonds is 9. The number of hydrogen-bond donors (Lipinski definition) is 0. The zero-order valence-corrected chi connectivity index (χ0v) is 26.9. The van der Waals surface area contributed by atoms with Gasteiger partial charge in [0.25, 0.3) is 0 Å². The zero-order chi connectivity index (χ0) is 32.9. The Morgan fingerprint density at radius 1 is 0.348 bits per heavy atom. The van der Waals surface area contributed by atoms with Crippen molar-refractivity contribution in [3.05, 3.63) is 93.0 Å². The highest BCUT2D eigenvalue weighted by Gasteiger charge is 2.47. The maximum atomic E-state index is 14.5. The van der Waals surface area contributed by atoms with Gasteiger partial charge in [0.2, 0.25) is 11.6 Å². The van der Waals surface area contributed by atoms with Crippen LogP contribution in [0.25, 0.3) is 0 Å². The van der Waals surface area contributed by atoms with E-state index in [1.54, 1.807) is 52.7 Å². The smallest absolute Gasteiger partial charge is 0.201 e. The molecule has 0 aliphatic heterocycles. The van der Waals surface area contributed by atoms with E-state index in [9.17, 15) is 9.59 Å². The van der Waals surface area contributed by atoms with Gasteiger partial charge in [0.15, 0.2) is 0 Å². The van der Waals surface area contributed by atoms with Gasteiger partial charge in [-0.05, 0) is 46.5 Å². The molecule has 0 spiro atoms. The first-order valence-electron chi connectivity index (χ1n) is 14.4. The molecule has 6 rings (SSSR count). The summed E-state index contributed by atoms with van der Waals surface area (Å²) in [4.78, 5) is 28.9. The molecule has 0 amide bonds. The molecule has 0 saturated heterocycles. The highest BCUT2D eigenvalue weighted by molar-refractivity contribution is 6.18. The Morgan fingerprint density at radius 3 is 0.739 bits per heavy atom. The molecule has 0 heterocycles. The number of hydrogen-bond acceptors (Lipinski definition) is 10. The van der Waals surface area contributed by atoms with Crippen molar-refractivity contribution in [2.24, 2.45) is 0 Å². The minimum Gasteiger partial charge on any atom is -0.497 e. The molecule has 46 heavy (non-hydrogen) atoms. The summed E-state index contributed by atoms with van der Waals surface area (Å²) in [5.74, 6) is 1.53. The van der Waals surface area contributed by atoms with Gasteiger partial charge in [-0.1, -0.05) is 0 Å².